The number of pyridine rings is 1. The number of nitrogens with zero attached hydrogens (tertiary/aromatic N) is 1. The van der Waals surface area contributed by atoms with Crippen molar-refractivity contribution in [3.8, 4) is 0 Å². The van der Waals surface area contributed by atoms with Gasteiger partial charge in [-0.3, -0.25) is 4.98 Å². The van der Waals surface area contributed by atoms with E-state index in [1.54, 1.807) is 18.0 Å². The summed E-state index contributed by atoms with van der Waals surface area (Å²) in [6.07, 6.45) is 4.96. The van der Waals surface area contributed by atoms with Gasteiger partial charge < -0.3 is 10.5 Å². The van der Waals surface area contributed by atoms with Gasteiger partial charge in [-0.25, -0.2) is 0 Å². The van der Waals surface area contributed by atoms with Crippen LogP contribution in [-0.4, -0.2) is 22.9 Å². The maximum absolute atomic E-state index is 5.84. The highest BCUT2D eigenvalue weighted by atomic mass is 32.2. The quantitative estimate of drug-likeness (QED) is 0.810. The number of aromatic nitrogens is 1. The molecule has 0 aliphatic carbocycles. The Bertz CT molecular complexity index is 319. The maximum atomic E-state index is 5.84. The van der Waals surface area contributed by atoms with Gasteiger partial charge in [-0.05, 0) is 19.4 Å². The lowest BCUT2D eigenvalue weighted by molar-refractivity contribution is 0.127. The van der Waals surface area contributed by atoms with Crippen LogP contribution >= 0.6 is 11.8 Å². The minimum atomic E-state index is 0.319. The van der Waals surface area contributed by atoms with E-state index in [2.05, 4.69) is 11.9 Å². The molecule has 1 aromatic rings. The summed E-state index contributed by atoms with van der Waals surface area (Å²) in [5.41, 5.74) is 6.65. The van der Waals surface area contributed by atoms with Gasteiger partial charge in [-0.1, -0.05) is 0 Å². The summed E-state index contributed by atoms with van der Waals surface area (Å²) in [6.45, 7) is 2.97. The lowest BCUT2D eigenvalue weighted by Crippen LogP contribution is -2.13. The van der Waals surface area contributed by atoms with Crippen LogP contribution in [-0.2, 0) is 4.74 Å². The van der Waals surface area contributed by atoms with Crippen LogP contribution < -0.4 is 5.73 Å². The van der Waals surface area contributed by atoms with Gasteiger partial charge in [-0.2, -0.15) is 0 Å². The highest BCUT2D eigenvalue weighted by Crippen LogP contribution is 2.34. The van der Waals surface area contributed by atoms with Crippen molar-refractivity contribution in [1.82, 2.24) is 4.98 Å². The van der Waals surface area contributed by atoms with E-state index >= 15 is 0 Å². The summed E-state index contributed by atoms with van der Waals surface area (Å²) in [5.74, 6) is 0. The molecule has 4 heteroatoms. The van der Waals surface area contributed by atoms with E-state index in [9.17, 15) is 0 Å². The standard InChI is InChI=1S/C10H14N2OS/c1-7-9(3-5-13-7)14-10-6-12-4-2-8(10)11/h2,4,6-7,9H,3,5H2,1H3,(H2,11,12). The molecule has 1 saturated heterocycles. The fraction of sp³-hybridized carbons (Fsp3) is 0.500. The molecule has 1 aliphatic heterocycles. The summed E-state index contributed by atoms with van der Waals surface area (Å²) in [6, 6.07) is 1.84. The van der Waals surface area contributed by atoms with Gasteiger partial charge in [0.15, 0.2) is 0 Å². The first-order chi connectivity index (χ1) is 6.77. The minimum Gasteiger partial charge on any atom is -0.398 e. The van der Waals surface area contributed by atoms with E-state index in [-0.39, 0.29) is 0 Å². The molecule has 2 atom stereocenters. The van der Waals surface area contributed by atoms with E-state index < -0.39 is 0 Å². The van der Waals surface area contributed by atoms with Gasteiger partial charge in [0, 0.05) is 34.8 Å². The molecule has 1 aliphatic rings. The van der Waals surface area contributed by atoms with Crippen LogP contribution in [0.3, 0.4) is 0 Å². The molecular formula is C10H14N2OS. The van der Waals surface area contributed by atoms with Gasteiger partial charge in [0.25, 0.3) is 0 Å². The van der Waals surface area contributed by atoms with E-state index in [0.29, 0.717) is 11.4 Å². The van der Waals surface area contributed by atoms with Crippen LogP contribution in [0.15, 0.2) is 23.4 Å². The van der Waals surface area contributed by atoms with Crippen molar-refractivity contribution in [2.24, 2.45) is 0 Å². The molecule has 0 saturated carbocycles. The summed E-state index contributed by atoms with van der Waals surface area (Å²) in [5, 5.41) is 0.515. The number of hydrogen-bond acceptors (Lipinski definition) is 4. The summed E-state index contributed by atoms with van der Waals surface area (Å²) in [7, 11) is 0. The van der Waals surface area contributed by atoms with Gasteiger partial charge in [0.2, 0.25) is 0 Å². The van der Waals surface area contributed by atoms with Crippen LogP contribution in [0.25, 0.3) is 0 Å². The van der Waals surface area contributed by atoms with Crippen molar-refractivity contribution in [3.05, 3.63) is 18.5 Å². The predicted molar refractivity (Wildman–Crippen MR) is 58.3 cm³/mol. The Kier molecular flexibility index (Phi) is 2.93. The van der Waals surface area contributed by atoms with Crippen molar-refractivity contribution < 1.29 is 4.74 Å². The van der Waals surface area contributed by atoms with E-state index in [1.165, 1.54) is 0 Å². The maximum Gasteiger partial charge on any atom is 0.0669 e. The average molecular weight is 210 g/mol. The molecular weight excluding hydrogens is 196 g/mol. The Balaban J connectivity index is 2.07. The molecule has 0 spiro atoms. The molecule has 2 rings (SSSR count). The molecule has 0 radical (unpaired) electrons. The summed E-state index contributed by atoms with van der Waals surface area (Å²) in [4.78, 5) is 5.14. The first-order valence-corrected chi connectivity index (χ1v) is 5.63. The van der Waals surface area contributed by atoms with Crippen molar-refractivity contribution in [1.29, 1.82) is 0 Å². The van der Waals surface area contributed by atoms with Crippen LogP contribution in [0.2, 0.25) is 0 Å². The van der Waals surface area contributed by atoms with Gasteiger partial charge in [0.05, 0.1) is 6.10 Å². The average Bonchev–Trinajstić information content (AvgIpc) is 2.56. The van der Waals surface area contributed by atoms with Crippen LogP contribution in [0.1, 0.15) is 13.3 Å². The second-order valence-corrected chi connectivity index (χ2v) is 4.72. The molecule has 0 bridgehead atoms. The molecule has 2 unspecified atom stereocenters. The number of hydrogen-bond donors (Lipinski definition) is 1. The Morgan fingerprint density at radius 3 is 3.14 bits per heavy atom. The molecule has 76 valence electrons. The zero-order valence-corrected chi connectivity index (χ0v) is 8.96. The number of nitrogens with two attached hydrogens (primary N) is 1. The Labute approximate surface area is 88.0 Å². The van der Waals surface area contributed by atoms with Crippen molar-refractivity contribution in [2.75, 3.05) is 12.3 Å². The highest BCUT2D eigenvalue weighted by molar-refractivity contribution is 8.00. The number of anilines is 1. The molecule has 2 heterocycles. The normalized spacial score (nSPS) is 26.6. The minimum absolute atomic E-state index is 0.319. The Hall–Kier alpha value is -0.740. The van der Waals surface area contributed by atoms with Crippen molar-refractivity contribution in [2.45, 2.75) is 29.6 Å². The van der Waals surface area contributed by atoms with E-state index in [0.717, 1.165) is 23.6 Å². The predicted octanol–water partition coefficient (Wildman–Crippen LogP) is 1.93. The first-order valence-electron chi connectivity index (χ1n) is 4.75. The number of nitrogen functional groups attached to an aromatic ring is 1. The zero-order valence-electron chi connectivity index (χ0n) is 8.14. The van der Waals surface area contributed by atoms with Crippen molar-refractivity contribution >= 4 is 17.4 Å². The van der Waals surface area contributed by atoms with Gasteiger partial charge in [0.1, 0.15) is 0 Å². The molecule has 3 nitrogen and oxygen atoms in total. The molecule has 2 N–H and O–H groups in total. The van der Waals surface area contributed by atoms with Crippen LogP contribution in [0, 0.1) is 0 Å². The van der Waals surface area contributed by atoms with Gasteiger partial charge in [-0.15, -0.1) is 11.8 Å². The summed E-state index contributed by atoms with van der Waals surface area (Å²) >= 11 is 1.77. The first kappa shape index (κ1) is 9.80. The van der Waals surface area contributed by atoms with Crippen LogP contribution in [0.5, 0.6) is 0 Å². The SMILES string of the molecule is CC1OCCC1Sc1cnccc1N. The fourth-order valence-electron chi connectivity index (χ4n) is 1.52. The fourth-order valence-corrected chi connectivity index (χ4v) is 2.66. The second-order valence-electron chi connectivity index (χ2n) is 3.43. The largest absolute Gasteiger partial charge is 0.398 e. The number of rotatable bonds is 2. The van der Waals surface area contributed by atoms with Crippen molar-refractivity contribution in [3.63, 3.8) is 0 Å². The third-order valence-corrected chi connectivity index (χ3v) is 3.92. The third-order valence-electron chi connectivity index (χ3n) is 2.40. The summed E-state index contributed by atoms with van der Waals surface area (Å²) < 4.78 is 5.50. The Morgan fingerprint density at radius 2 is 2.50 bits per heavy atom. The lowest BCUT2D eigenvalue weighted by atomic mass is 10.3. The monoisotopic (exact) mass is 210 g/mol. The molecule has 1 fully saturated rings. The van der Waals surface area contributed by atoms with E-state index in [1.807, 2.05) is 12.3 Å². The number of ether oxygens (including phenoxy) is 1. The smallest absolute Gasteiger partial charge is 0.0669 e. The van der Waals surface area contributed by atoms with Gasteiger partial charge >= 0.3 is 0 Å². The second kappa shape index (κ2) is 4.19. The Morgan fingerprint density at radius 1 is 1.64 bits per heavy atom. The molecule has 0 aromatic carbocycles. The number of thioether (sulfide) groups is 1. The lowest BCUT2D eigenvalue weighted by Gasteiger charge is -2.13. The highest BCUT2D eigenvalue weighted by Gasteiger charge is 2.25. The van der Waals surface area contributed by atoms with E-state index in [4.69, 9.17) is 10.5 Å². The molecule has 1 aromatic heterocycles. The zero-order chi connectivity index (χ0) is 9.97. The molecule has 14 heavy (non-hydrogen) atoms. The third kappa shape index (κ3) is 2.01. The topological polar surface area (TPSA) is 48.1 Å². The molecule has 0 amide bonds. The van der Waals surface area contributed by atoms with Crippen LogP contribution in [0.4, 0.5) is 5.69 Å².